The van der Waals surface area contributed by atoms with Crippen LogP contribution in [-0.4, -0.2) is 16.8 Å². The number of hydrazine groups is 1. The Bertz CT molecular complexity index is 481. The number of benzene rings is 1. The second-order valence-corrected chi connectivity index (χ2v) is 3.01. The molecule has 1 rings (SSSR count). The molecule has 0 radical (unpaired) electrons. The average molecular weight is 237 g/mol. The van der Waals surface area contributed by atoms with Gasteiger partial charge in [-0.05, 0) is 6.07 Å². The van der Waals surface area contributed by atoms with E-state index in [0.29, 0.717) is 0 Å². The van der Waals surface area contributed by atoms with E-state index in [1.165, 1.54) is 24.3 Å². The molecule has 1 aromatic carbocycles. The molecular formula is C8H11N7O2. The largest absolute Gasteiger partial charge is 0.370 e. The molecule has 0 aromatic heterocycles. The number of non-ortho nitro benzene ring substituents is 1. The molecule has 0 heterocycles. The van der Waals surface area contributed by atoms with E-state index < -0.39 is 10.9 Å². The summed E-state index contributed by atoms with van der Waals surface area (Å²) >= 11 is 0. The van der Waals surface area contributed by atoms with E-state index in [-0.39, 0.29) is 17.3 Å². The zero-order chi connectivity index (χ0) is 13.0. The molecule has 9 nitrogen and oxygen atoms in total. The fraction of sp³-hybridized carbons (Fsp3) is 0. The van der Waals surface area contributed by atoms with Crippen molar-refractivity contribution in [3.63, 3.8) is 0 Å². The summed E-state index contributed by atoms with van der Waals surface area (Å²) in [5, 5.41) is 18.8. The molecule has 0 saturated heterocycles. The van der Waals surface area contributed by atoms with E-state index in [4.69, 9.17) is 22.7 Å². The minimum absolute atomic E-state index is 0.143. The summed E-state index contributed by atoms with van der Waals surface area (Å²) in [5.74, 6) is 4.78. The summed E-state index contributed by atoms with van der Waals surface area (Å²) in [7, 11) is 0. The molecule has 0 unspecified atom stereocenters. The van der Waals surface area contributed by atoms with Crippen molar-refractivity contribution in [2.75, 3.05) is 5.01 Å². The Labute approximate surface area is 96.1 Å². The van der Waals surface area contributed by atoms with Crippen LogP contribution in [0.2, 0.25) is 0 Å². The van der Waals surface area contributed by atoms with E-state index in [9.17, 15) is 10.1 Å². The third kappa shape index (κ3) is 3.14. The summed E-state index contributed by atoms with van der Waals surface area (Å²) in [6, 6.07) is 5.44. The van der Waals surface area contributed by atoms with Crippen LogP contribution in [0.4, 0.5) is 11.4 Å². The smallest absolute Gasteiger partial charge is 0.271 e. The van der Waals surface area contributed by atoms with E-state index in [0.717, 1.165) is 5.01 Å². The molecule has 17 heavy (non-hydrogen) atoms. The molecule has 0 aliphatic rings. The SMILES string of the molecule is N=C(N=C(N)N)N(N)c1cccc([N+](=O)[O-])c1. The summed E-state index contributed by atoms with van der Waals surface area (Å²) in [6.45, 7) is 0. The van der Waals surface area contributed by atoms with Crippen molar-refractivity contribution in [2.45, 2.75) is 0 Å². The minimum atomic E-state index is -0.568. The van der Waals surface area contributed by atoms with E-state index >= 15 is 0 Å². The summed E-state index contributed by atoms with van der Waals surface area (Å²) in [4.78, 5) is 13.4. The maximum Gasteiger partial charge on any atom is 0.271 e. The van der Waals surface area contributed by atoms with Crippen molar-refractivity contribution < 1.29 is 4.92 Å². The third-order valence-electron chi connectivity index (χ3n) is 1.78. The number of nitrogens with one attached hydrogen (secondary N) is 1. The van der Waals surface area contributed by atoms with Crippen LogP contribution >= 0.6 is 0 Å². The molecule has 9 heteroatoms. The van der Waals surface area contributed by atoms with Gasteiger partial charge in [-0.2, -0.15) is 4.99 Å². The molecular weight excluding hydrogens is 226 g/mol. The van der Waals surface area contributed by atoms with Gasteiger partial charge in [0.2, 0.25) is 5.96 Å². The van der Waals surface area contributed by atoms with Gasteiger partial charge in [0.05, 0.1) is 10.6 Å². The molecule has 0 saturated carbocycles. The number of rotatable bonds is 2. The normalized spacial score (nSPS) is 9.47. The molecule has 90 valence electrons. The second-order valence-electron chi connectivity index (χ2n) is 3.01. The highest BCUT2D eigenvalue weighted by Gasteiger charge is 2.11. The molecule has 0 atom stereocenters. The van der Waals surface area contributed by atoms with Gasteiger partial charge in [0.1, 0.15) is 0 Å². The van der Waals surface area contributed by atoms with Crippen molar-refractivity contribution >= 4 is 23.3 Å². The van der Waals surface area contributed by atoms with Gasteiger partial charge in [0.25, 0.3) is 5.69 Å². The van der Waals surface area contributed by atoms with Gasteiger partial charge in [-0.3, -0.25) is 15.5 Å². The van der Waals surface area contributed by atoms with Crippen LogP contribution < -0.4 is 22.3 Å². The van der Waals surface area contributed by atoms with Gasteiger partial charge in [-0.15, -0.1) is 0 Å². The highest BCUT2D eigenvalue weighted by Crippen LogP contribution is 2.19. The van der Waals surface area contributed by atoms with Crippen molar-refractivity contribution in [3.05, 3.63) is 34.4 Å². The standard InChI is InChI=1S/C8H11N7O2/c9-7(10)13-8(11)14(12)5-2-1-3-6(4-5)15(16)17/h1-4H,12H2,(H5,9,10,11,13). The molecule has 0 spiro atoms. The van der Waals surface area contributed by atoms with Crippen LogP contribution in [0.1, 0.15) is 0 Å². The first-order valence-electron chi connectivity index (χ1n) is 4.39. The number of nitro groups is 1. The van der Waals surface area contributed by atoms with Crippen molar-refractivity contribution in [2.24, 2.45) is 22.3 Å². The highest BCUT2D eigenvalue weighted by molar-refractivity contribution is 6.00. The first kappa shape index (κ1) is 12.4. The van der Waals surface area contributed by atoms with Crippen LogP contribution in [0.15, 0.2) is 29.3 Å². The number of nitro benzene ring substituents is 1. The van der Waals surface area contributed by atoms with Crippen molar-refractivity contribution in [1.29, 1.82) is 5.41 Å². The van der Waals surface area contributed by atoms with E-state index in [2.05, 4.69) is 4.99 Å². The number of nitrogens with two attached hydrogens (primary N) is 3. The number of aliphatic imine (C=N–C) groups is 1. The van der Waals surface area contributed by atoms with Crippen LogP contribution in [0.3, 0.4) is 0 Å². The number of hydrogen-bond acceptors (Lipinski definition) is 4. The topological polar surface area (TPSA) is 161 Å². The monoisotopic (exact) mass is 237 g/mol. The van der Waals surface area contributed by atoms with Gasteiger partial charge < -0.3 is 11.5 Å². The molecule has 1 aromatic rings. The Hall–Kier alpha value is -2.68. The van der Waals surface area contributed by atoms with E-state index in [1.54, 1.807) is 0 Å². The van der Waals surface area contributed by atoms with Crippen LogP contribution in [-0.2, 0) is 0 Å². The Balaban J connectivity index is 3.00. The van der Waals surface area contributed by atoms with Gasteiger partial charge in [-0.25, -0.2) is 10.9 Å². The Morgan fingerprint density at radius 1 is 1.47 bits per heavy atom. The van der Waals surface area contributed by atoms with Crippen molar-refractivity contribution in [3.8, 4) is 0 Å². The lowest BCUT2D eigenvalue weighted by Crippen LogP contribution is -2.38. The number of guanidine groups is 2. The fourth-order valence-electron chi connectivity index (χ4n) is 1.05. The maximum absolute atomic E-state index is 10.5. The van der Waals surface area contributed by atoms with Crippen LogP contribution in [0.5, 0.6) is 0 Å². The van der Waals surface area contributed by atoms with E-state index in [1.807, 2.05) is 0 Å². The van der Waals surface area contributed by atoms with Crippen LogP contribution in [0.25, 0.3) is 0 Å². The first-order chi connectivity index (χ1) is 7.91. The maximum atomic E-state index is 10.5. The molecule has 7 N–H and O–H groups in total. The lowest BCUT2D eigenvalue weighted by molar-refractivity contribution is -0.384. The van der Waals surface area contributed by atoms with Gasteiger partial charge in [-0.1, -0.05) is 6.07 Å². The number of hydrogen-bond donors (Lipinski definition) is 4. The summed E-state index contributed by atoms with van der Waals surface area (Å²) in [5.41, 5.74) is 10.3. The number of nitrogens with zero attached hydrogens (tertiary/aromatic N) is 3. The summed E-state index contributed by atoms with van der Waals surface area (Å²) in [6.07, 6.45) is 0. The minimum Gasteiger partial charge on any atom is -0.370 e. The van der Waals surface area contributed by atoms with Crippen molar-refractivity contribution in [1.82, 2.24) is 0 Å². The second kappa shape index (κ2) is 4.90. The van der Waals surface area contributed by atoms with Gasteiger partial charge >= 0.3 is 0 Å². The Morgan fingerprint density at radius 2 is 2.12 bits per heavy atom. The molecule has 0 amide bonds. The molecule has 0 aliphatic heterocycles. The lowest BCUT2D eigenvalue weighted by atomic mass is 10.3. The highest BCUT2D eigenvalue weighted by atomic mass is 16.6. The molecule has 0 aliphatic carbocycles. The molecule has 0 bridgehead atoms. The fourth-order valence-corrected chi connectivity index (χ4v) is 1.05. The van der Waals surface area contributed by atoms with Gasteiger partial charge in [0.15, 0.2) is 5.96 Å². The predicted octanol–water partition coefficient (Wildman–Crippen LogP) is -0.517. The Kier molecular flexibility index (Phi) is 3.57. The molecule has 0 fully saturated rings. The number of anilines is 1. The average Bonchev–Trinajstić information content (AvgIpc) is 2.27. The Morgan fingerprint density at radius 3 is 2.65 bits per heavy atom. The van der Waals surface area contributed by atoms with Gasteiger partial charge in [0, 0.05) is 12.1 Å². The zero-order valence-electron chi connectivity index (χ0n) is 8.70. The quantitative estimate of drug-likeness (QED) is 0.178. The zero-order valence-corrected chi connectivity index (χ0v) is 8.70. The third-order valence-corrected chi connectivity index (χ3v) is 1.78. The predicted molar refractivity (Wildman–Crippen MR) is 63.3 cm³/mol. The first-order valence-corrected chi connectivity index (χ1v) is 4.39. The summed E-state index contributed by atoms with van der Waals surface area (Å²) < 4.78 is 0. The van der Waals surface area contributed by atoms with Crippen LogP contribution in [0, 0.1) is 15.5 Å². The lowest BCUT2D eigenvalue weighted by Gasteiger charge is -2.15.